The number of benzene rings is 1. The highest BCUT2D eigenvalue weighted by atomic mass is 16.6. The van der Waals surface area contributed by atoms with Crippen molar-refractivity contribution in [3.63, 3.8) is 0 Å². The van der Waals surface area contributed by atoms with Gasteiger partial charge in [0.15, 0.2) is 0 Å². The van der Waals surface area contributed by atoms with Crippen molar-refractivity contribution >= 4 is 29.6 Å². The predicted molar refractivity (Wildman–Crippen MR) is 96.2 cm³/mol. The molecule has 1 saturated heterocycles. The van der Waals surface area contributed by atoms with E-state index >= 15 is 0 Å². The second-order valence-corrected chi connectivity index (χ2v) is 6.12. The number of nitro benzene ring substituents is 1. The minimum absolute atomic E-state index is 0.0132. The van der Waals surface area contributed by atoms with Crippen molar-refractivity contribution in [1.29, 1.82) is 0 Å². The number of likely N-dealkylation sites (N-methyl/N-ethyl adjacent to an activating group) is 1. The topological polar surface area (TPSA) is 115 Å². The molecule has 0 radical (unpaired) electrons. The Balaban J connectivity index is 2.03. The van der Waals surface area contributed by atoms with E-state index in [1.165, 1.54) is 25.3 Å². The molecule has 1 aromatic heterocycles. The minimum atomic E-state index is -0.765. The summed E-state index contributed by atoms with van der Waals surface area (Å²) in [5.74, 6) is -1.42. The standard InChI is InChI=1S/C18H16N4O5/c1-10-8-12(9-15-16(23)19-18(25)20(3)17(15)24)11(2)21(10)13-4-6-14(7-5-13)22(26)27/h4-9H,1-3H3,(H,19,23,25)/b15-9+. The smallest absolute Gasteiger partial charge is 0.318 e. The van der Waals surface area contributed by atoms with Crippen LogP contribution in [0.5, 0.6) is 0 Å². The molecule has 0 spiro atoms. The summed E-state index contributed by atoms with van der Waals surface area (Å²) in [5, 5.41) is 12.9. The fourth-order valence-corrected chi connectivity index (χ4v) is 2.96. The minimum Gasteiger partial charge on any atom is -0.318 e. The van der Waals surface area contributed by atoms with Crippen LogP contribution in [-0.4, -0.2) is 39.3 Å². The Kier molecular flexibility index (Phi) is 4.36. The lowest BCUT2D eigenvalue weighted by atomic mass is 10.1. The van der Waals surface area contributed by atoms with E-state index in [9.17, 15) is 24.5 Å². The number of imide groups is 2. The number of carbonyl (C=O) groups is 3. The molecule has 2 heterocycles. The summed E-state index contributed by atoms with van der Waals surface area (Å²) >= 11 is 0. The molecule has 2 aromatic rings. The molecule has 3 rings (SSSR count). The Bertz CT molecular complexity index is 1020. The van der Waals surface area contributed by atoms with Gasteiger partial charge >= 0.3 is 6.03 Å². The van der Waals surface area contributed by atoms with Crippen molar-refractivity contribution in [1.82, 2.24) is 14.8 Å². The first kappa shape index (κ1) is 18.1. The molecule has 1 N–H and O–H groups in total. The number of hydrogen-bond donors (Lipinski definition) is 1. The molecule has 1 aliphatic heterocycles. The van der Waals surface area contributed by atoms with Crippen LogP contribution in [0.15, 0.2) is 35.9 Å². The van der Waals surface area contributed by atoms with Crippen LogP contribution < -0.4 is 5.32 Å². The average molecular weight is 368 g/mol. The van der Waals surface area contributed by atoms with Crippen LogP contribution >= 0.6 is 0 Å². The summed E-state index contributed by atoms with van der Waals surface area (Å²) in [6.07, 6.45) is 1.44. The van der Waals surface area contributed by atoms with E-state index in [1.54, 1.807) is 25.1 Å². The number of nitrogens with one attached hydrogen (secondary N) is 1. The maximum Gasteiger partial charge on any atom is 0.331 e. The van der Waals surface area contributed by atoms with Crippen LogP contribution in [0.4, 0.5) is 10.5 Å². The third-order valence-electron chi connectivity index (χ3n) is 4.39. The van der Waals surface area contributed by atoms with E-state index in [2.05, 4.69) is 5.32 Å². The van der Waals surface area contributed by atoms with Gasteiger partial charge in [0, 0.05) is 36.3 Å². The quantitative estimate of drug-likeness (QED) is 0.386. The molecule has 9 nitrogen and oxygen atoms in total. The van der Waals surface area contributed by atoms with E-state index in [-0.39, 0.29) is 11.3 Å². The Morgan fingerprint density at radius 1 is 1.11 bits per heavy atom. The Labute approximate surface area is 154 Å². The molecule has 0 aliphatic carbocycles. The molecule has 1 fully saturated rings. The lowest BCUT2D eigenvalue weighted by molar-refractivity contribution is -0.384. The van der Waals surface area contributed by atoms with Crippen LogP contribution in [-0.2, 0) is 9.59 Å². The van der Waals surface area contributed by atoms with Gasteiger partial charge in [0.2, 0.25) is 0 Å². The monoisotopic (exact) mass is 368 g/mol. The van der Waals surface area contributed by atoms with Gasteiger partial charge in [-0.15, -0.1) is 0 Å². The van der Waals surface area contributed by atoms with Gasteiger partial charge in [0.05, 0.1) is 4.92 Å². The van der Waals surface area contributed by atoms with E-state index in [0.717, 1.165) is 16.3 Å². The van der Waals surface area contributed by atoms with Gasteiger partial charge < -0.3 is 4.57 Å². The number of hydrogen-bond acceptors (Lipinski definition) is 5. The highest BCUT2D eigenvalue weighted by molar-refractivity contribution is 6.30. The van der Waals surface area contributed by atoms with Gasteiger partial charge in [-0.05, 0) is 43.7 Å². The van der Waals surface area contributed by atoms with Crippen molar-refractivity contribution in [2.24, 2.45) is 0 Å². The molecular formula is C18H16N4O5. The summed E-state index contributed by atoms with van der Waals surface area (Å²) in [6.45, 7) is 3.65. The Morgan fingerprint density at radius 2 is 1.74 bits per heavy atom. The van der Waals surface area contributed by atoms with E-state index in [0.29, 0.717) is 11.3 Å². The van der Waals surface area contributed by atoms with Gasteiger partial charge in [-0.25, -0.2) is 4.79 Å². The Hall–Kier alpha value is -3.75. The number of non-ortho nitro benzene ring substituents is 1. The van der Waals surface area contributed by atoms with Crippen LogP contribution in [0.1, 0.15) is 17.0 Å². The SMILES string of the molecule is Cc1cc(/C=C2\C(=O)NC(=O)N(C)C2=O)c(C)n1-c1ccc([N+](=O)[O-])cc1. The highest BCUT2D eigenvalue weighted by Gasteiger charge is 2.33. The van der Waals surface area contributed by atoms with E-state index in [1.807, 2.05) is 11.5 Å². The zero-order valence-corrected chi connectivity index (χ0v) is 14.8. The van der Waals surface area contributed by atoms with E-state index < -0.39 is 22.8 Å². The fraction of sp³-hybridized carbons (Fsp3) is 0.167. The maximum absolute atomic E-state index is 12.2. The van der Waals surface area contributed by atoms with Crippen molar-refractivity contribution < 1.29 is 19.3 Å². The van der Waals surface area contributed by atoms with Crippen LogP contribution in [0.2, 0.25) is 0 Å². The molecule has 0 bridgehead atoms. The molecule has 1 aliphatic rings. The number of carbonyl (C=O) groups excluding carboxylic acids is 3. The second-order valence-electron chi connectivity index (χ2n) is 6.12. The molecule has 0 unspecified atom stereocenters. The Morgan fingerprint density at radius 3 is 2.33 bits per heavy atom. The van der Waals surface area contributed by atoms with Crippen LogP contribution in [0.25, 0.3) is 11.8 Å². The van der Waals surface area contributed by atoms with Crippen LogP contribution in [0.3, 0.4) is 0 Å². The maximum atomic E-state index is 12.2. The molecule has 4 amide bonds. The molecule has 0 atom stereocenters. The highest BCUT2D eigenvalue weighted by Crippen LogP contribution is 2.25. The first-order chi connectivity index (χ1) is 12.7. The van der Waals surface area contributed by atoms with Crippen molar-refractivity contribution in [3.05, 3.63) is 63.0 Å². The third kappa shape index (κ3) is 3.10. The molecule has 138 valence electrons. The van der Waals surface area contributed by atoms with E-state index in [4.69, 9.17) is 0 Å². The summed E-state index contributed by atoms with van der Waals surface area (Å²) in [7, 11) is 1.29. The van der Waals surface area contributed by atoms with Gasteiger partial charge in [-0.3, -0.25) is 29.9 Å². The predicted octanol–water partition coefficient (Wildman–Crippen LogP) is 2.09. The summed E-state index contributed by atoms with van der Waals surface area (Å²) in [4.78, 5) is 46.9. The fourth-order valence-electron chi connectivity index (χ4n) is 2.96. The second kappa shape index (κ2) is 6.52. The van der Waals surface area contributed by atoms with Gasteiger partial charge in [-0.1, -0.05) is 0 Å². The lowest BCUT2D eigenvalue weighted by Crippen LogP contribution is -2.52. The molecule has 9 heteroatoms. The van der Waals surface area contributed by atoms with Gasteiger partial charge in [0.1, 0.15) is 5.57 Å². The number of nitro groups is 1. The molecule has 1 aromatic carbocycles. The van der Waals surface area contributed by atoms with Crippen molar-refractivity contribution in [3.8, 4) is 5.69 Å². The molecular weight excluding hydrogens is 352 g/mol. The number of aryl methyl sites for hydroxylation is 1. The summed E-state index contributed by atoms with van der Waals surface area (Å²) in [5.41, 5.74) is 2.76. The summed E-state index contributed by atoms with van der Waals surface area (Å²) in [6, 6.07) is 7.09. The van der Waals surface area contributed by atoms with Crippen molar-refractivity contribution in [2.45, 2.75) is 13.8 Å². The number of rotatable bonds is 3. The normalized spacial score (nSPS) is 16.0. The van der Waals surface area contributed by atoms with Gasteiger partial charge in [-0.2, -0.15) is 0 Å². The van der Waals surface area contributed by atoms with Gasteiger partial charge in [0.25, 0.3) is 17.5 Å². The van der Waals surface area contributed by atoms with Crippen LogP contribution in [0, 0.1) is 24.0 Å². The third-order valence-corrected chi connectivity index (χ3v) is 4.39. The largest absolute Gasteiger partial charge is 0.331 e. The zero-order valence-electron chi connectivity index (χ0n) is 14.8. The summed E-state index contributed by atoms with van der Waals surface area (Å²) < 4.78 is 1.86. The van der Waals surface area contributed by atoms with Crippen molar-refractivity contribution in [2.75, 3.05) is 7.05 Å². The number of urea groups is 1. The first-order valence-electron chi connectivity index (χ1n) is 7.99. The molecule has 0 saturated carbocycles. The number of aromatic nitrogens is 1. The number of nitrogens with zero attached hydrogens (tertiary/aromatic N) is 3. The number of amides is 4. The average Bonchev–Trinajstić information content (AvgIpc) is 2.90. The molecule has 27 heavy (non-hydrogen) atoms. The first-order valence-corrected chi connectivity index (χ1v) is 7.99. The zero-order chi connectivity index (χ0) is 19.9. The number of barbiturate groups is 1. The lowest BCUT2D eigenvalue weighted by Gasteiger charge is -2.22.